The van der Waals surface area contributed by atoms with Gasteiger partial charge in [0, 0.05) is 13.1 Å². The van der Waals surface area contributed by atoms with E-state index >= 15 is 0 Å². The van der Waals surface area contributed by atoms with E-state index in [9.17, 15) is 5.11 Å². The van der Waals surface area contributed by atoms with E-state index in [2.05, 4.69) is 39.6 Å². The Morgan fingerprint density at radius 1 is 1.20 bits per heavy atom. The van der Waals surface area contributed by atoms with Crippen LogP contribution >= 0.6 is 0 Å². The van der Waals surface area contributed by atoms with Crippen molar-refractivity contribution in [3.63, 3.8) is 0 Å². The van der Waals surface area contributed by atoms with Gasteiger partial charge in [0.25, 0.3) is 0 Å². The van der Waals surface area contributed by atoms with Crippen LogP contribution in [0.25, 0.3) is 11.0 Å². The molecular weight excluding hydrogens is 250 g/mol. The van der Waals surface area contributed by atoms with Crippen LogP contribution in [0.2, 0.25) is 0 Å². The van der Waals surface area contributed by atoms with Crippen molar-refractivity contribution in [1.82, 2.24) is 14.5 Å². The summed E-state index contributed by atoms with van der Waals surface area (Å²) in [4.78, 5) is 7.07. The van der Waals surface area contributed by atoms with Crippen molar-refractivity contribution in [2.24, 2.45) is 0 Å². The van der Waals surface area contributed by atoms with Crippen molar-refractivity contribution in [2.75, 3.05) is 19.6 Å². The first-order valence-electron chi connectivity index (χ1n) is 7.63. The van der Waals surface area contributed by atoms with Gasteiger partial charge in [-0.15, -0.1) is 0 Å². The third-order valence-corrected chi connectivity index (χ3v) is 4.28. The highest BCUT2D eigenvalue weighted by Gasteiger charge is 2.14. The minimum atomic E-state index is 0.0101. The van der Waals surface area contributed by atoms with E-state index in [1.54, 1.807) is 0 Å². The molecule has 0 saturated carbocycles. The standard InChI is InChI=1S/C16H23N3O/c1-2-13-5-6-15-14(11-13)17-16(12-20)19(15)10-9-18-7-3-4-8-18/h5-6,11,20H,2-4,7-10,12H2,1H3. The highest BCUT2D eigenvalue weighted by Crippen LogP contribution is 2.19. The van der Waals surface area contributed by atoms with Gasteiger partial charge in [0.1, 0.15) is 12.4 Å². The summed E-state index contributed by atoms with van der Waals surface area (Å²) in [6, 6.07) is 6.45. The van der Waals surface area contributed by atoms with Gasteiger partial charge in [-0.2, -0.15) is 0 Å². The largest absolute Gasteiger partial charge is 0.388 e. The molecule has 20 heavy (non-hydrogen) atoms. The van der Waals surface area contributed by atoms with Gasteiger partial charge in [0.15, 0.2) is 0 Å². The Kier molecular flexibility index (Phi) is 4.03. The van der Waals surface area contributed by atoms with Gasteiger partial charge < -0.3 is 14.6 Å². The number of imidazole rings is 1. The number of aliphatic hydroxyl groups excluding tert-OH is 1. The molecule has 1 aliphatic heterocycles. The van der Waals surface area contributed by atoms with Crippen LogP contribution in [0.15, 0.2) is 18.2 Å². The molecule has 0 spiro atoms. The van der Waals surface area contributed by atoms with Crippen LogP contribution < -0.4 is 0 Å². The third kappa shape index (κ3) is 2.58. The molecule has 0 bridgehead atoms. The molecule has 1 aromatic heterocycles. The molecule has 1 fully saturated rings. The molecule has 0 atom stereocenters. The maximum absolute atomic E-state index is 9.54. The minimum absolute atomic E-state index is 0.0101. The molecule has 0 aliphatic carbocycles. The molecular formula is C16H23N3O. The number of likely N-dealkylation sites (tertiary alicyclic amines) is 1. The number of hydrogen-bond acceptors (Lipinski definition) is 3. The van der Waals surface area contributed by atoms with E-state index in [4.69, 9.17) is 0 Å². The first-order chi connectivity index (χ1) is 9.81. The number of nitrogens with zero attached hydrogens (tertiary/aromatic N) is 3. The van der Waals surface area contributed by atoms with E-state index < -0.39 is 0 Å². The number of benzene rings is 1. The normalized spacial score (nSPS) is 16.3. The summed E-state index contributed by atoms with van der Waals surface area (Å²) in [5.41, 5.74) is 3.45. The van der Waals surface area contributed by atoms with Crippen molar-refractivity contribution in [3.8, 4) is 0 Å². The molecule has 0 radical (unpaired) electrons. The number of fused-ring (bicyclic) bond motifs is 1. The lowest BCUT2D eigenvalue weighted by Crippen LogP contribution is -2.24. The van der Waals surface area contributed by atoms with E-state index in [1.165, 1.54) is 31.5 Å². The van der Waals surface area contributed by atoms with Crippen LogP contribution in [0.1, 0.15) is 31.2 Å². The molecule has 1 saturated heterocycles. The Morgan fingerprint density at radius 3 is 2.70 bits per heavy atom. The third-order valence-electron chi connectivity index (χ3n) is 4.28. The molecule has 3 rings (SSSR count). The first kappa shape index (κ1) is 13.6. The van der Waals surface area contributed by atoms with Gasteiger partial charge in [-0.1, -0.05) is 13.0 Å². The molecule has 0 unspecified atom stereocenters. The zero-order valence-corrected chi connectivity index (χ0v) is 12.2. The van der Waals surface area contributed by atoms with Gasteiger partial charge in [0.05, 0.1) is 11.0 Å². The molecule has 1 aromatic carbocycles. The fourth-order valence-electron chi connectivity index (χ4n) is 3.06. The lowest BCUT2D eigenvalue weighted by Gasteiger charge is -2.16. The fourth-order valence-corrected chi connectivity index (χ4v) is 3.06. The van der Waals surface area contributed by atoms with E-state index in [0.717, 1.165) is 36.4 Å². The van der Waals surface area contributed by atoms with E-state index in [1.807, 2.05) is 0 Å². The number of aromatic nitrogens is 2. The van der Waals surface area contributed by atoms with E-state index in [-0.39, 0.29) is 6.61 Å². The summed E-state index contributed by atoms with van der Waals surface area (Å²) in [6.07, 6.45) is 3.65. The van der Waals surface area contributed by atoms with Crippen LogP contribution in [0.3, 0.4) is 0 Å². The van der Waals surface area contributed by atoms with Gasteiger partial charge in [-0.25, -0.2) is 4.98 Å². The van der Waals surface area contributed by atoms with Crippen LogP contribution in [0, 0.1) is 0 Å². The van der Waals surface area contributed by atoms with Crippen molar-refractivity contribution in [3.05, 3.63) is 29.6 Å². The number of rotatable bonds is 5. The Balaban J connectivity index is 1.87. The molecule has 1 N–H and O–H groups in total. The monoisotopic (exact) mass is 273 g/mol. The maximum atomic E-state index is 9.54. The summed E-state index contributed by atoms with van der Waals surface area (Å²) < 4.78 is 2.17. The smallest absolute Gasteiger partial charge is 0.135 e. The molecule has 2 aromatic rings. The molecule has 4 nitrogen and oxygen atoms in total. The van der Waals surface area contributed by atoms with Crippen molar-refractivity contribution in [2.45, 2.75) is 39.3 Å². The second-order valence-electron chi connectivity index (χ2n) is 5.56. The lowest BCUT2D eigenvalue weighted by atomic mass is 10.1. The van der Waals surface area contributed by atoms with Crippen molar-refractivity contribution < 1.29 is 5.11 Å². The van der Waals surface area contributed by atoms with Crippen LogP contribution in [-0.4, -0.2) is 39.2 Å². The van der Waals surface area contributed by atoms with E-state index in [0.29, 0.717) is 0 Å². The summed E-state index contributed by atoms with van der Waals surface area (Å²) in [5.74, 6) is 0.785. The Bertz CT molecular complexity index is 585. The van der Waals surface area contributed by atoms with Crippen LogP contribution in [-0.2, 0) is 19.6 Å². The maximum Gasteiger partial charge on any atom is 0.135 e. The molecule has 0 amide bonds. The SMILES string of the molecule is CCc1ccc2c(c1)nc(CO)n2CCN1CCCC1. The van der Waals surface area contributed by atoms with Crippen LogP contribution in [0.5, 0.6) is 0 Å². The van der Waals surface area contributed by atoms with Gasteiger partial charge >= 0.3 is 0 Å². The van der Waals surface area contributed by atoms with Gasteiger partial charge in [-0.05, 0) is 50.0 Å². The molecule has 108 valence electrons. The second-order valence-corrected chi connectivity index (χ2v) is 5.56. The zero-order valence-electron chi connectivity index (χ0n) is 12.2. The van der Waals surface area contributed by atoms with Crippen LogP contribution in [0.4, 0.5) is 0 Å². The predicted molar refractivity (Wildman–Crippen MR) is 80.7 cm³/mol. The quantitative estimate of drug-likeness (QED) is 0.908. The fraction of sp³-hybridized carbons (Fsp3) is 0.562. The van der Waals surface area contributed by atoms with Crippen molar-refractivity contribution in [1.29, 1.82) is 0 Å². The lowest BCUT2D eigenvalue weighted by molar-refractivity contribution is 0.260. The summed E-state index contributed by atoms with van der Waals surface area (Å²) in [7, 11) is 0. The number of aryl methyl sites for hydroxylation is 1. The predicted octanol–water partition coefficient (Wildman–Crippen LogP) is 2.19. The second kappa shape index (κ2) is 5.94. The number of aliphatic hydroxyl groups is 1. The summed E-state index contributed by atoms with van der Waals surface area (Å²) >= 11 is 0. The summed E-state index contributed by atoms with van der Waals surface area (Å²) in [5, 5.41) is 9.54. The minimum Gasteiger partial charge on any atom is -0.388 e. The van der Waals surface area contributed by atoms with Gasteiger partial charge in [-0.3, -0.25) is 0 Å². The zero-order chi connectivity index (χ0) is 13.9. The molecule has 1 aliphatic rings. The molecule has 4 heteroatoms. The summed E-state index contributed by atoms with van der Waals surface area (Å²) in [6.45, 7) is 6.54. The first-order valence-corrected chi connectivity index (χ1v) is 7.63. The van der Waals surface area contributed by atoms with Gasteiger partial charge in [0.2, 0.25) is 0 Å². The van der Waals surface area contributed by atoms with Crippen molar-refractivity contribution >= 4 is 11.0 Å². The average Bonchev–Trinajstić information content (AvgIpc) is 3.11. The Hall–Kier alpha value is -1.39. The average molecular weight is 273 g/mol. The highest BCUT2D eigenvalue weighted by molar-refractivity contribution is 5.77. The highest BCUT2D eigenvalue weighted by atomic mass is 16.3. The topological polar surface area (TPSA) is 41.3 Å². The Labute approximate surface area is 120 Å². The Morgan fingerprint density at radius 2 is 2.00 bits per heavy atom. The molecule has 2 heterocycles. The number of hydrogen-bond donors (Lipinski definition) is 1.